The van der Waals surface area contributed by atoms with Crippen LogP contribution in [0.15, 0.2) is 47.4 Å². The molecule has 156 valence electrons. The monoisotopic (exact) mass is 416 g/mol. The first-order chi connectivity index (χ1) is 13.8. The summed E-state index contributed by atoms with van der Waals surface area (Å²) in [4.78, 5) is 13.0. The van der Waals surface area contributed by atoms with Crippen molar-refractivity contribution < 1.29 is 18.3 Å². The number of benzene rings is 2. The summed E-state index contributed by atoms with van der Waals surface area (Å²) in [6, 6.07) is 11.7. The van der Waals surface area contributed by atoms with E-state index >= 15 is 0 Å². The Morgan fingerprint density at radius 2 is 1.90 bits per heavy atom. The number of sulfone groups is 1. The van der Waals surface area contributed by atoms with Gasteiger partial charge < -0.3 is 15.7 Å². The average Bonchev–Trinajstić information content (AvgIpc) is 3.15. The molecule has 0 bridgehead atoms. The molecule has 0 saturated carbocycles. The number of rotatable bonds is 7. The predicted octanol–water partition coefficient (Wildman–Crippen LogP) is 2.74. The SMILES string of the molecule is CCS(=O)(=O)c1ccc([C@H](CO)NC(=O)c2ccc3c(c2)CN[C@H]3C(C)C)cc1. The first kappa shape index (κ1) is 21.5. The number of aliphatic hydroxyl groups excluding tert-OH is 1. The minimum absolute atomic E-state index is 0.0252. The summed E-state index contributed by atoms with van der Waals surface area (Å²) in [5.41, 5.74) is 3.53. The van der Waals surface area contributed by atoms with Crippen LogP contribution in [0.3, 0.4) is 0 Å². The first-order valence-electron chi connectivity index (χ1n) is 9.87. The maximum Gasteiger partial charge on any atom is 0.251 e. The van der Waals surface area contributed by atoms with E-state index in [1.807, 2.05) is 18.2 Å². The first-order valence-corrected chi connectivity index (χ1v) is 11.5. The molecule has 2 aromatic carbocycles. The van der Waals surface area contributed by atoms with Gasteiger partial charge in [0.25, 0.3) is 5.91 Å². The van der Waals surface area contributed by atoms with E-state index in [1.165, 1.54) is 17.7 Å². The summed E-state index contributed by atoms with van der Waals surface area (Å²) in [6.45, 7) is 6.37. The zero-order valence-corrected chi connectivity index (χ0v) is 17.8. The molecule has 3 N–H and O–H groups in total. The van der Waals surface area contributed by atoms with Crippen LogP contribution in [0.4, 0.5) is 0 Å². The highest BCUT2D eigenvalue weighted by atomic mass is 32.2. The molecule has 2 atom stereocenters. The Morgan fingerprint density at radius 1 is 1.21 bits per heavy atom. The smallest absolute Gasteiger partial charge is 0.251 e. The van der Waals surface area contributed by atoms with Crippen LogP contribution in [0.1, 0.15) is 59.9 Å². The molecule has 1 aliphatic heterocycles. The van der Waals surface area contributed by atoms with Crippen LogP contribution in [0.25, 0.3) is 0 Å². The van der Waals surface area contributed by atoms with E-state index in [9.17, 15) is 18.3 Å². The van der Waals surface area contributed by atoms with E-state index in [-0.39, 0.29) is 23.2 Å². The second-order valence-electron chi connectivity index (χ2n) is 7.70. The lowest BCUT2D eigenvalue weighted by atomic mass is 9.95. The standard InChI is InChI=1S/C22H28N2O4S/c1-4-29(27,28)18-8-5-15(6-9-18)20(13-25)24-22(26)16-7-10-19-17(11-16)12-23-21(19)14(2)3/h5-11,14,20-21,23,25H,4,12-13H2,1-3H3,(H,24,26)/t20-,21-/m0/s1. The maximum atomic E-state index is 12.7. The Kier molecular flexibility index (Phi) is 6.41. The van der Waals surface area contributed by atoms with Crippen LogP contribution in [0.5, 0.6) is 0 Å². The van der Waals surface area contributed by atoms with Crippen molar-refractivity contribution in [2.75, 3.05) is 12.4 Å². The molecule has 0 spiro atoms. The molecule has 7 heteroatoms. The lowest BCUT2D eigenvalue weighted by Gasteiger charge is -2.18. The highest BCUT2D eigenvalue weighted by molar-refractivity contribution is 7.91. The number of fused-ring (bicyclic) bond motifs is 1. The summed E-state index contributed by atoms with van der Waals surface area (Å²) in [5, 5.41) is 16.1. The van der Waals surface area contributed by atoms with Crippen molar-refractivity contribution in [3.05, 3.63) is 64.7 Å². The number of hydrogen-bond acceptors (Lipinski definition) is 5. The number of aliphatic hydroxyl groups is 1. The second kappa shape index (κ2) is 8.65. The second-order valence-corrected chi connectivity index (χ2v) is 9.98. The van der Waals surface area contributed by atoms with Crippen LogP contribution < -0.4 is 10.6 Å². The van der Waals surface area contributed by atoms with Gasteiger partial charge in [0.05, 0.1) is 23.3 Å². The number of nitrogens with one attached hydrogen (secondary N) is 2. The van der Waals surface area contributed by atoms with Gasteiger partial charge in [-0.3, -0.25) is 4.79 Å². The molecular weight excluding hydrogens is 388 g/mol. The number of amides is 1. The van der Waals surface area contributed by atoms with E-state index in [4.69, 9.17) is 0 Å². The molecular formula is C22H28N2O4S. The largest absolute Gasteiger partial charge is 0.394 e. The lowest BCUT2D eigenvalue weighted by molar-refractivity contribution is 0.0916. The van der Waals surface area contributed by atoms with Gasteiger partial charge in [-0.15, -0.1) is 0 Å². The molecule has 1 aliphatic rings. The third kappa shape index (κ3) is 4.52. The molecule has 0 fully saturated rings. The summed E-state index contributed by atoms with van der Waals surface area (Å²) >= 11 is 0. The van der Waals surface area contributed by atoms with Gasteiger partial charge in [0.2, 0.25) is 0 Å². The van der Waals surface area contributed by atoms with Crippen molar-refractivity contribution in [3.8, 4) is 0 Å². The molecule has 0 unspecified atom stereocenters. The number of hydrogen-bond donors (Lipinski definition) is 3. The summed E-state index contributed by atoms with van der Waals surface area (Å²) in [7, 11) is -3.29. The number of carbonyl (C=O) groups excluding carboxylic acids is 1. The fourth-order valence-corrected chi connectivity index (χ4v) is 4.56. The van der Waals surface area contributed by atoms with Crippen LogP contribution in [0.2, 0.25) is 0 Å². The van der Waals surface area contributed by atoms with Gasteiger partial charge in [0.1, 0.15) is 0 Å². The third-order valence-electron chi connectivity index (χ3n) is 5.43. The minimum atomic E-state index is -3.29. The van der Waals surface area contributed by atoms with Crippen molar-refractivity contribution >= 4 is 15.7 Å². The summed E-state index contributed by atoms with van der Waals surface area (Å²) < 4.78 is 23.9. The van der Waals surface area contributed by atoms with Crippen LogP contribution in [-0.2, 0) is 16.4 Å². The van der Waals surface area contributed by atoms with Crippen LogP contribution >= 0.6 is 0 Å². The zero-order chi connectivity index (χ0) is 21.2. The lowest BCUT2D eigenvalue weighted by Crippen LogP contribution is -2.30. The molecule has 1 heterocycles. The molecule has 0 aliphatic carbocycles. The Bertz CT molecular complexity index is 984. The van der Waals surface area contributed by atoms with Crippen molar-refractivity contribution in [2.45, 2.75) is 44.3 Å². The third-order valence-corrected chi connectivity index (χ3v) is 7.18. The molecule has 2 aromatic rings. The topological polar surface area (TPSA) is 95.5 Å². The van der Waals surface area contributed by atoms with Crippen molar-refractivity contribution in [1.82, 2.24) is 10.6 Å². The van der Waals surface area contributed by atoms with Gasteiger partial charge in [0.15, 0.2) is 9.84 Å². The molecule has 29 heavy (non-hydrogen) atoms. The van der Waals surface area contributed by atoms with Gasteiger partial charge in [-0.1, -0.05) is 39.0 Å². The van der Waals surface area contributed by atoms with Gasteiger partial charge >= 0.3 is 0 Å². The fourth-order valence-electron chi connectivity index (χ4n) is 3.68. The molecule has 1 amide bonds. The van der Waals surface area contributed by atoms with E-state index in [1.54, 1.807) is 19.1 Å². The Balaban J connectivity index is 1.75. The van der Waals surface area contributed by atoms with Gasteiger partial charge in [-0.25, -0.2) is 8.42 Å². The van der Waals surface area contributed by atoms with Crippen LogP contribution in [0, 0.1) is 5.92 Å². The normalized spacial score (nSPS) is 17.2. The molecule has 0 aromatic heterocycles. The zero-order valence-electron chi connectivity index (χ0n) is 17.0. The van der Waals surface area contributed by atoms with Gasteiger partial charge in [0, 0.05) is 18.2 Å². The minimum Gasteiger partial charge on any atom is -0.394 e. The highest BCUT2D eigenvalue weighted by Crippen LogP contribution is 2.31. The maximum absolute atomic E-state index is 12.7. The Labute approximate surface area is 172 Å². The van der Waals surface area contributed by atoms with E-state index in [0.29, 0.717) is 23.1 Å². The van der Waals surface area contributed by atoms with Crippen molar-refractivity contribution in [3.63, 3.8) is 0 Å². The number of carbonyl (C=O) groups is 1. The Morgan fingerprint density at radius 3 is 2.48 bits per heavy atom. The van der Waals surface area contributed by atoms with E-state index < -0.39 is 15.9 Å². The van der Waals surface area contributed by atoms with Crippen molar-refractivity contribution in [1.29, 1.82) is 0 Å². The molecule has 0 saturated heterocycles. The molecule has 6 nitrogen and oxygen atoms in total. The quantitative estimate of drug-likeness (QED) is 0.645. The fraction of sp³-hybridized carbons (Fsp3) is 0.409. The predicted molar refractivity (Wildman–Crippen MR) is 112 cm³/mol. The van der Waals surface area contributed by atoms with Gasteiger partial charge in [-0.2, -0.15) is 0 Å². The highest BCUT2D eigenvalue weighted by Gasteiger charge is 2.25. The molecule has 3 rings (SSSR count). The van der Waals surface area contributed by atoms with Crippen LogP contribution in [-0.4, -0.2) is 31.8 Å². The van der Waals surface area contributed by atoms with E-state index in [2.05, 4.69) is 24.5 Å². The van der Waals surface area contributed by atoms with E-state index in [0.717, 1.165) is 12.1 Å². The van der Waals surface area contributed by atoms with Gasteiger partial charge in [-0.05, 0) is 46.9 Å². The molecule has 0 radical (unpaired) electrons. The summed E-state index contributed by atoms with van der Waals surface area (Å²) in [5.74, 6) is 0.219. The average molecular weight is 417 g/mol. The van der Waals surface area contributed by atoms with Crippen molar-refractivity contribution in [2.24, 2.45) is 5.92 Å². The summed E-state index contributed by atoms with van der Waals surface area (Å²) in [6.07, 6.45) is 0. The Hall–Kier alpha value is -2.22.